The Balaban J connectivity index is 1.89. The van der Waals surface area contributed by atoms with Crippen molar-refractivity contribution >= 4 is 24.8 Å². The first kappa shape index (κ1) is 25.5. The Morgan fingerprint density at radius 3 is 2.44 bits per heavy atom. The Hall–Kier alpha value is -3.62. The fourth-order valence-electron chi connectivity index (χ4n) is 4.16. The summed E-state index contributed by atoms with van der Waals surface area (Å²) in [6, 6.07) is 20.1. The fraction of sp³-hybridized carbons (Fsp3) is 0.286. The maximum atomic E-state index is 13.2. The number of hydrogen-bond acceptors (Lipinski definition) is 4. The quantitative estimate of drug-likeness (QED) is 0.224. The number of hydrogen-bond donors (Lipinski definition) is 2. The third-order valence-corrected chi connectivity index (χ3v) is 7.83. The van der Waals surface area contributed by atoms with Crippen molar-refractivity contribution in [1.82, 2.24) is 14.9 Å². The predicted molar refractivity (Wildman–Crippen MR) is 147 cm³/mol. The minimum atomic E-state index is -1.26. The topological polar surface area (TPSA) is 85.3 Å². The minimum absolute atomic E-state index is 0.203. The largest absolute Gasteiger partial charge is 0.457 e. The molecule has 0 saturated heterocycles. The first-order chi connectivity index (χ1) is 17.2. The molecule has 0 saturated carbocycles. The number of carbonyl (C=O) groups is 1. The van der Waals surface area contributed by atoms with Gasteiger partial charge in [0.25, 0.3) is 11.5 Å². The molecule has 0 bridgehead atoms. The number of amides is 1. The number of nitrogens with zero attached hydrogens (tertiary/aromatic N) is 1. The fourth-order valence-corrected chi connectivity index (χ4v) is 4.92. The standard InChI is InChI=1S/C28H33N3O4Si/c1-19-25-22(17-23(27(32)29-2)30-28(25)33)26(31(19)18-34-15-16-36(3,4)5)21-13-9-10-14-24(21)35-20-11-7-6-8-12-20/h6-14,17H,15-16,18H2,1-5H3,(H,29,32)(H,30,33). The van der Waals surface area contributed by atoms with E-state index in [-0.39, 0.29) is 23.9 Å². The second-order valence-electron chi connectivity index (χ2n) is 10.0. The molecule has 4 aromatic rings. The van der Waals surface area contributed by atoms with Crippen LogP contribution in [0.25, 0.3) is 22.0 Å². The van der Waals surface area contributed by atoms with Gasteiger partial charge in [0, 0.05) is 38.4 Å². The molecule has 4 rings (SSSR count). The Bertz CT molecular complexity index is 1440. The zero-order chi connectivity index (χ0) is 25.9. The number of pyridine rings is 1. The molecule has 2 N–H and O–H groups in total. The first-order valence-electron chi connectivity index (χ1n) is 12.1. The van der Waals surface area contributed by atoms with Gasteiger partial charge in [0.2, 0.25) is 0 Å². The number of benzene rings is 2. The third kappa shape index (κ3) is 5.45. The number of aromatic nitrogens is 2. The van der Waals surface area contributed by atoms with E-state index in [0.717, 1.165) is 23.0 Å². The Morgan fingerprint density at radius 2 is 1.75 bits per heavy atom. The molecule has 188 valence electrons. The van der Waals surface area contributed by atoms with Crippen molar-refractivity contribution in [2.45, 2.75) is 39.3 Å². The molecule has 0 aliphatic rings. The molecular weight excluding hydrogens is 470 g/mol. The van der Waals surface area contributed by atoms with Gasteiger partial charge in [-0.3, -0.25) is 9.59 Å². The van der Waals surface area contributed by atoms with Crippen LogP contribution in [0.4, 0.5) is 0 Å². The lowest BCUT2D eigenvalue weighted by Gasteiger charge is -2.18. The Labute approximate surface area is 212 Å². The maximum absolute atomic E-state index is 13.2. The molecule has 0 spiro atoms. The molecule has 36 heavy (non-hydrogen) atoms. The summed E-state index contributed by atoms with van der Waals surface area (Å²) in [5.41, 5.74) is 2.24. The average Bonchev–Trinajstić information content (AvgIpc) is 3.13. The second kappa shape index (κ2) is 10.6. The highest BCUT2D eigenvalue weighted by Gasteiger charge is 2.23. The molecule has 7 nitrogen and oxygen atoms in total. The van der Waals surface area contributed by atoms with Crippen LogP contribution in [0.3, 0.4) is 0 Å². The smallest absolute Gasteiger partial charge is 0.267 e. The van der Waals surface area contributed by atoms with Crippen LogP contribution in [0, 0.1) is 6.92 Å². The molecule has 0 fully saturated rings. The molecule has 0 radical (unpaired) electrons. The normalized spacial score (nSPS) is 11.6. The Morgan fingerprint density at radius 1 is 1.06 bits per heavy atom. The number of aromatic amines is 1. The lowest BCUT2D eigenvalue weighted by molar-refractivity contribution is 0.0875. The molecular formula is C28H33N3O4Si. The first-order valence-corrected chi connectivity index (χ1v) is 15.8. The number of carbonyl (C=O) groups excluding carboxylic acids is 1. The van der Waals surface area contributed by atoms with Gasteiger partial charge >= 0.3 is 0 Å². The summed E-state index contributed by atoms with van der Waals surface area (Å²) in [6.07, 6.45) is 0. The van der Waals surface area contributed by atoms with Crippen LogP contribution < -0.4 is 15.6 Å². The van der Waals surface area contributed by atoms with E-state index in [1.165, 1.54) is 7.05 Å². The van der Waals surface area contributed by atoms with Gasteiger partial charge in [0.05, 0.1) is 11.1 Å². The lowest BCUT2D eigenvalue weighted by Crippen LogP contribution is -2.22. The summed E-state index contributed by atoms with van der Waals surface area (Å²) < 4.78 is 14.4. The summed E-state index contributed by atoms with van der Waals surface area (Å²) in [7, 11) is 0.282. The summed E-state index contributed by atoms with van der Waals surface area (Å²) >= 11 is 0. The van der Waals surface area contributed by atoms with Crippen molar-refractivity contribution in [3.8, 4) is 22.8 Å². The minimum Gasteiger partial charge on any atom is -0.457 e. The van der Waals surface area contributed by atoms with Crippen LogP contribution in [-0.2, 0) is 11.5 Å². The highest BCUT2D eigenvalue weighted by Crippen LogP contribution is 2.39. The van der Waals surface area contributed by atoms with Crippen molar-refractivity contribution in [2.24, 2.45) is 0 Å². The number of H-pyrrole nitrogens is 1. The number of para-hydroxylation sites is 2. The van der Waals surface area contributed by atoms with Crippen LogP contribution in [0.2, 0.25) is 25.7 Å². The number of rotatable bonds is 9. The van der Waals surface area contributed by atoms with Gasteiger partial charge in [-0.1, -0.05) is 50.0 Å². The van der Waals surface area contributed by atoms with Crippen molar-refractivity contribution in [3.63, 3.8) is 0 Å². The van der Waals surface area contributed by atoms with Crippen molar-refractivity contribution in [3.05, 3.63) is 82.4 Å². The molecule has 2 aromatic heterocycles. The molecule has 0 aliphatic carbocycles. The molecule has 0 atom stereocenters. The van der Waals surface area contributed by atoms with E-state index >= 15 is 0 Å². The van der Waals surface area contributed by atoms with Crippen molar-refractivity contribution < 1.29 is 14.3 Å². The van der Waals surface area contributed by atoms with Gasteiger partial charge in [-0.2, -0.15) is 0 Å². The van der Waals surface area contributed by atoms with E-state index in [9.17, 15) is 9.59 Å². The Kier molecular flexibility index (Phi) is 7.47. The second-order valence-corrected chi connectivity index (χ2v) is 15.6. The monoisotopic (exact) mass is 503 g/mol. The zero-order valence-electron chi connectivity index (χ0n) is 21.5. The maximum Gasteiger partial charge on any atom is 0.267 e. The molecule has 0 aliphatic heterocycles. The molecule has 8 heteroatoms. The summed E-state index contributed by atoms with van der Waals surface area (Å²) in [5, 5.41) is 3.79. The highest BCUT2D eigenvalue weighted by atomic mass is 28.3. The zero-order valence-corrected chi connectivity index (χ0v) is 22.5. The van der Waals surface area contributed by atoms with E-state index in [2.05, 4.69) is 29.9 Å². The molecule has 1 amide bonds. The van der Waals surface area contributed by atoms with Gasteiger partial charge in [-0.25, -0.2) is 0 Å². The van der Waals surface area contributed by atoms with E-state index in [1.807, 2.05) is 66.1 Å². The highest BCUT2D eigenvalue weighted by molar-refractivity contribution is 6.76. The van der Waals surface area contributed by atoms with Crippen LogP contribution >= 0.6 is 0 Å². The number of fused-ring (bicyclic) bond motifs is 1. The number of ether oxygens (including phenoxy) is 2. The van der Waals surface area contributed by atoms with E-state index in [4.69, 9.17) is 9.47 Å². The van der Waals surface area contributed by atoms with Gasteiger partial charge in [0.15, 0.2) is 0 Å². The van der Waals surface area contributed by atoms with Crippen LogP contribution in [0.5, 0.6) is 11.5 Å². The van der Waals surface area contributed by atoms with E-state index in [1.54, 1.807) is 6.07 Å². The van der Waals surface area contributed by atoms with Crippen LogP contribution in [-0.4, -0.2) is 37.2 Å². The lowest BCUT2D eigenvalue weighted by atomic mass is 10.1. The van der Waals surface area contributed by atoms with Gasteiger partial charge in [-0.05, 0) is 43.3 Å². The van der Waals surface area contributed by atoms with Crippen LogP contribution in [0.15, 0.2) is 65.5 Å². The number of aryl methyl sites for hydroxylation is 1. The summed E-state index contributed by atoms with van der Waals surface area (Å²) in [4.78, 5) is 28.3. The van der Waals surface area contributed by atoms with Crippen molar-refractivity contribution in [1.29, 1.82) is 0 Å². The van der Waals surface area contributed by atoms with Gasteiger partial charge in [0.1, 0.15) is 23.9 Å². The van der Waals surface area contributed by atoms with Gasteiger partial charge in [-0.15, -0.1) is 0 Å². The third-order valence-electron chi connectivity index (χ3n) is 6.13. The summed E-state index contributed by atoms with van der Waals surface area (Å²) in [6.45, 7) is 9.78. The van der Waals surface area contributed by atoms with Gasteiger partial charge < -0.3 is 24.3 Å². The molecule has 2 aromatic carbocycles. The predicted octanol–water partition coefficient (Wildman–Crippen LogP) is 5.77. The SMILES string of the molecule is CNC(=O)c1cc2c(-c3ccccc3Oc3ccccc3)n(COCC[Si](C)(C)C)c(C)c2c(=O)[nH]1. The van der Waals surface area contributed by atoms with Crippen molar-refractivity contribution in [2.75, 3.05) is 13.7 Å². The molecule has 0 unspecified atom stereocenters. The van der Waals surface area contributed by atoms with E-state index < -0.39 is 8.07 Å². The van der Waals surface area contributed by atoms with Crippen LogP contribution in [0.1, 0.15) is 16.2 Å². The molecule has 2 heterocycles. The number of nitrogens with one attached hydrogen (secondary N) is 2. The van der Waals surface area contributed by atoms with E-state index in [0.29, 0.717) is 28.9 Å². The average molecular weight is 504 g/mol. The summed E-state index contributed by atoms with van der Waals surface area (Å²) in [5.74, 6) is 0.998.